The third-order valence-electron chi connectivity index (χ3n) is 4.38. The van der Waals surface area contributed by atoms with Gasteiger partial charge in [0.05, 0.1) is 11.9 Å². The van der Waals surface area contributed by atoms with Crippen LogP contribution in [0, 0.1) is 0 Å². The van der Waals surface area contributed by atoms with Gasteiger partial charge >= 0.3 is 0 Å². The van der Waals surface area contributed by atoms with Crippen molar-refractivity contribution in [3.05, 3.63) is 54.6 Å². The van der Waals surface area contributed by atoms with Gasteiger partial charge in [-0.1, -0.05) is 0 Å². The molecule has 1 atom stereocenters. The highest BCUT2D eigenvalue weighted by molar-refractivity contribution is 5.53. The molecule has 3 aromatic heterocycles. The highest BCUT2D eigenvalue weighted by Crippen LogP contribution is 2.30. The Morgan fingerprint density at radius 1 is 1.12 bits per heavy atom. The predicted molar refractivity (Wildman–Crippen MR) is 93.2 cm³/mol. The van der Waals surface area contributed by atoms with Crippen LogP contribution >= 0.6 is 0 Å². The molecular formula is C17H20N8. The Kier molecular flexibility index (Phi) is 4.60. The molecule has 8 heteroatoms. The van der Waals surface area contributed by atoms with Crippen molar-refractivity contribution in [3.63, 3.8) is 0 Å². The predicted octanol–water partition coefficient (Wildman–Crippen LogP) is 2.11. The lowest BCUT2D eigenvalue weighted by molar-refractivity contribution is 0.196. The molecular weight excluding hydrogens is 316 g/mol. The van der Waals surface area contributed by atoms with Gasteiger partial charge in [-0.25, -0.2) is 9.97 Å². The van der Waals surface area contributed by atoms with E-state index in [1.165, 1.54) is 0 Å². The van der Waals surface area contributed by atoms with E-state index in [4.69, 9.17) is 0 Å². The van der Waals surface area contributed by atoms with Gasteiger partial charge in [-0.05, 0) is 25.5 Å². The number of hydrogen-bond acceptors (Lipinski definition) is 7. The summed E-state index contributed by atoms with van der Waals surface area (Å²) < 4.78 is 0. The Hall–Kier alpha value is -2.87. The number of piperidine rings is 1. The van der Waals surface area contributed by atoms with Gasteiger partial charge < -0.3 is 5.32 Å². The van der Waals surface area contributed by atoms with E-state index in [9.17, 15) is 0 Å². The second-order valence-corrected chi connectivity index (χ2v) is 6.16. The van der Waals surface area contributed by atoms with Crippen molar-refractivity contribution in [2.24, 2.45) is 0 Å². The van der Waals surface area contributed by atoms with Gasteiger partial charge in [-0.2, -0.15) is 5.10 Å². The number of nitrogens with zero attached hydrogens (tertiary/aromatic N) is 6. The fourth-order valence-electron chi connectivity index (χ4n) is 3.26. The molecule has 4 rings (SSSR count). The Morgan fingerprint density at radius 2 is 2.04 bits per heavy atom. The molecule has 3 aromatic rings. The third-order valence-corrected chi connectivity index (χ3v) is 4.38. The molecule has 2 N–H and O–H groups in total. The van der Waals surface area contributed by atoms with Crippen molar-refractivity contribution in [1.82, 2.24) is 35.0 Å². The minimum Gasteiger partial charge on any atom is -0.322 e. The van der Waals surface area contributed by atoms with Crippen LogP contribution in [0.3, 0.4) is 0 Å². The van der Waals surface area contributed by atoms with E-state index in [1.807, 2.05) is 6.07 Å². The van der Waals surface area contributed by atoms with Crippen molar-refractivity contribution < 1.29 is 0 Å². The van der Waals surface area contributed by atoms with Crippen LogP contribution in [0.2, 0.25) is 0 Å². The van der Waals surface area contributed by atoms with E-state index in [-0.39, 0.29) is 0 Å². The molecule has 0 aliphatic carbocycles. The van der Waals surface area contributed by atoms with Crippen LogP contribution in [-0.4, -0.2) is 48.1 Å². The molecule has 0 bridgehead atoms. The molecule has 25 heavy (non-hydrogen) atoms. The van der Waals surface area contributed by atoms with Crippen LogP contribution in [0.15, 0.2) is 43.2 Å². The van der Waals surface area contributed by atoms with Crippen LogP contribution in [0.1, 0.15) is 30.1 Å². The van der Waals surface area contributed by atoms with Crippen LogP contribution in [0.25, 0.3) is 0 Å². The monoisotopic (exact) mass is 336 g/mol. The summed E-state index contributed by atoms with van der Waals surface area (Å²) in [6, 6.07) is 2.02. The van der Waals surface area contributed by atoms with Crippen LogP contribution in [-0.2, 0) is 6.54 Å². The van der Waals surface area contributed by atoms with Crippen molar-refractivity contribution in [1.29, 1.82) is 0 Å². The zero-order valence-corrected chi connectivity index (χ0v) is 13.8. The van der Waals surface area contributed by atoms with Gasteiger partial charge in [0.25, 0.3) is 0 Å². The van der Waals surface area contributed by atoms with Gasteiger partial charge in [0, 0.05) is 55.7 Å². The molecule has 1 fully saturated rings. The second-order valence-electron chi connectivity index (χ2n) is 6.16. The Balaban J connectivity index is 1.51. The van der Waals surface area contributed by atoms with Gasteiger partial charge in [0.2, 0.25) is 0 Å². The van der Waals surface area contributed by atoms with Crippen molar-refractivity contribution in [3.8, 4) is 0 Å². The average molecular weight is 336 g/mol. The maximum Gasteiger partial charge on any atom is 0.153 e. The molecule has 0 saturated carbocycles. The maximum absolute atomic E-state index is 4.61. The standard InChI is InChI=1S/C17H20N8/c1-2-13(11-25(9-1)12-14-3-4-22-24-14)16-17(21-8-7-20-16)23-15-10-18-5-6-19-15/h3-8,10,13H,1-2,9,11-12H2,(H,22,24)(H,19,21,23)/t13-/m0/s1. The summed E-state index contributed by atoms with van der Waals surface area (Å²) in [5, 5.41) is 10.3. The maximum atomic E-state index is 4.61. The van der Waals surface area contributed by atoms with Crippen LogP contribution < -0.4 is 5.32 Å². The first kappa shape index (κ1) is 15.6. The summed E-state index contributed by atoms with van der Waals surface area (Å²) in [7, 11) is 0. The number of nitrogens with one attached hydrogen (secondary N) is 2. The molecule has 0 spiro atoms. The minimum atomic E-state index is 0.338. The van der Waals surface area contributed by atoms with Crippen LogP contribution in [0.5, 0.6) is 0 Å². The molecule has 1 aliphatic heterocycles. The Bertz CT molecular complexity index is 789. The summed E-state index contributed by atoms with van der Waals surface area (Å²) in [5.74, 6) is 1.77. The topological polar surface area (TPSA) is 95.5 Å². The molecule has 0 radical (unpaired) electrons. The molecule has 4 heterocycles. The summed E-state index contributed by atoms with van der Waals surface area (Å²) in [6.07, 6.45) is 12.5. The van der Waals surface area contributed by atoms with Crippen molar-refractivity contribution in [2.45, 2.75) is 25.3 Å². The van der Waals surface area contributed by atoms with Gasteiger partial charge in [0.15, 0.2) is 5.82 Å². The van der Waals surface area contributed by atoms with E-state index >= 15 is 0 Å². The molecule has 0 aromatic carbocycles. The van der Waals surface area contributed by atoms with E-state index in [0.29, 0.717) is 11.7 Å². The van der Waals surface area contributed by atoms with E-state index in [1.54, 1.807) is 37.2 Å². The first-order valence-corrected chi connectivity index (χ1v) is 8.43. The van der Waals surface area contributed by atoms with Crippen LogP contribution in [0.4, 0.5) is 11.6 Å². The highest BCUT2D eigenvalue weighted by atomic mass is 15.2. The summed E-state index contributed by atoms with van der Waals surface area (Å²) in [6.45, 7) is 2.92. The largest absolute Gasteiger partial charge is 0.322 e. The lowest BCUT2D eigenvalue weighted by Gasteiger charge is -2.32. The molecule has 128 valence electrons. The smallest absolute Gasteiger partial charge is 0.153 e. The van der Waals surface area contributed by atoms with E-state index in [2.05, 4.69) is 40.3 Å². The fraction of sp³-hybridized carbons (Fsp3) is 0.353. The zero-order valence-electron chi connectivity index (χ0n) is 13.8. The molecule has 1 saturated heterocycles. The molecule has 8 nitrogen and oxygen atoms in total. The summed E-state index contributed by atoms with van der Waals surface area (Å²) >= 11 is 0. The third kappa shape index (κ3) is 3.80. The summed E-state index contributed by atoms with van der Waals surface area (Å²) in [4.78, 5) is 19.9. The van der Waals surface area contributed by atoms with Gasteiger partial charge in [0.1, 0.15) is 5.82 Å². The lowest BCUT2D eigenvalue weighted by atomic mass is 9.94. The number of H-pyrrole nitrogens is 1. The molecule has 0 amide bonds. The number of hydrogen-bond donors (Lipinski definition) is 2. The van der Waals surface area contributed by atoms with Gasteiger partial charge in [-0.15, -0.1) is 0 Å². The normalized spacial score (nSPS) is 18.2. The lowest BCUT2D eigenvalue weighted by Crippen LogP contribution is -2.34. The number of aromatic nitrogens is 6. The Morgan fingerprint density at radius 3 is 2.88 bits per heavy atom. The quantitative estimate of drug-likeness (QED) is 0.736. The minimum absolute atomic E-state index is 0.338. The Labute approximate surface area is 145 Å². The van der Waals surface area contributed by atoms with E-state index < -0.39 is 0 Å². The van der Waals surface area contributed by atoms with Gasteiger partial charge in [-0.3, -0.25) is 20.0 Å². The number of likely N-dealkylation sites (tertiary alicyclic amines) is 1. The van der Waals surface area contributed by atoms with Crippen molar-refractivity contribution in [2.75, 3.05) is 18.4 Å². The number of anilines is 2. The van der Waals surface area contributed by atoms with E-state index in [0.717, 1.165) is 49.7 Å². The first-order valence-electron chi connectivity index (χ1n) is 8.43. The summed E-state index contributed by atoms with van der Waals surface area (Å²) in [5.41, 5.74) is 2.13. The number of rotatable bonds is 5. The highest BCUT2D eigenvalue weighted by Gasteiger charge is 2.25. The first-order chi connectivity index (χ1) is 12.4. The SMILES string of the molecule is c1cnc(Nc2nccnc2[C@H]2CCCN(Cc3ccn[nH]3)C2)cn1. The number of aromatic amines is 1. The fourth-order valence-corrected chi connectivity index (χ4v) is 3.26. The zero-order chi connectivity index (χ0) is 16.9. The van der Waals surface area contributed by atoms with Crippen molar-refractivity contribution >= 4 is 11.6 Å². The molecule has 0 unspecified atom stereocenters. The average Bonchev–Trinajstić information content (AvgIpc) is 3.16. The second kappa shape index (κ2) is 7.35. The molecule has 1 aliphatic rings.